The average Bonchev–Trinajstić information content (AvgIpc) is 2.55. The second-order valence-corrected chi connectivity index (χ2v) is 5.51. The summed E-state index contributed by atoms with van der Waals surface area (Å²) in [6, 6.07) is 16.9. The highest BCUT2D eigenvalue weighted by Gasteiger charge is 2.04. The number of benzene rings is 2. The summed E-state index contributed by atoms with van der Waals surface area (Å²) in [5.74, 6) is 1.84. The molecule has 3 nitrogen and oxygen atoms in total. The largest absolute Gasteiger partial charge is 0.497 e. The summed E-state index contributed by atoms with van der Waals surface area (Å²) in [5.41, 5.74) is 2.58. The van der Waals surface area contributed by atoms with Gasteiger partial charge in [-0.3, -0.25) is 0 Å². The zero-order valence-electron chi connectivity index (χ0n) is 14.0. The van der Waals surface area contributed by atoms with Crippen LogP contribution in [0.3, 0.4) is 0 Å². The van der Waals surface area contributed by atoms with Crippen molar-refractivity contribution in [2.75, 3.05) is 20.8 Å². The summed E-state index contributed by atoms with van der Waals surface area (Å²) in [5, 5.41) is 3.57. The van der Waals surface area contributed by atoms with Crippen LogP contribution in [0.5, 0.6) is 11.5 Å². The third-order valence-electron chi connectivity index (χ3n) is 3.72. The van der Waals surface area contributed by atoms with Crippen LogP contribution in [-0.4, -0.2) is 26.8 Å². The van der Waals surface area contributed by atoms with E-state index in [0.29, 0.717) is 6.04 Å². The first-order chi connectivity index (χ1) is 10.7. The summed E-state index contributed by atoms with van der Waals surface area (Å²) >= 11 is 0. The van der Waals surface area contributed by atoms with E-state index in [9.17, 15) is 0 Å². The molecule has 1 N–H and O–H groups in total. The average molecular weight is 336 g/mol. The van der Waals surface area contributed by atoms with Gasteiger partial charge in [0.1, 0.15) is 11.5 Å². The van der Waals surface area contributed by atoms with E-state index >= 15 is 0 Å². The third kappa shape index (κ3) is 6.51. The molecule has 2 aromatic carbocycles. The topological polar surface area (TPSA) is 30.5 Å². The van der Waals surface area contributed by atoms with E-state index in [0.717, 1.165) is 30.9 Å². The molecule has 2 aromatic rings. The zero-order valence-corrected chi connectivity index (χ0v) is 14.9. The van der Waals surface area contributed by atoms with Gasteiger partial charge in [0, 0.05) is 6.04 Å². The number of hydrogen-bond donors (Lipinski definition) is 1. The van der Waals surface area contributed by atoms with Crippen molar-refractivity contribution >= 4 is 12.4 Å². The van der Waals surface area contributed by atoms with Crippen molar-refractivity contribution in [2.45, 2.75) is 25.8 Å². The van der Waals surface area contributed by atoms with Crippen molar-refractivity contribution in [3.05, 3.63) is 59.7 Å². The smallest absolute Gasteiger partial charge is 0.119 e. The predicted octanol–water partition coefficient (Wildman–Crippen LogP) is 3.89. The van der Waals surface area contributed by atoms with Gasteiger partial charge in [-0.15, -0.1) is 12.4 Å². The molecule has 1 atom stereocenters. The van der Waals surface area contributed by atoms with Gasteiger partial charge in [-0.25, -0.2) is 0 Å². The highest BCUT2D eigenvalue weighted by molar-refractivity contribution is 5.85. The number of ether oxygens (including phenoxy) is 2. The Bertz CT molecular complexity index is 589. The molecule has 0 heterocycles. The minimum absolute atomic E-state index is 0. The first kappa shape index (κ1) is 19.3. The predicted molar refractivity (Wildman–Crippen MR) is 98.1 cm³/mol. The van der Waals surface area contributed by atoms with Crippen molar-refractivity contribution in [3.8, 4) is 11.5 Å². The highest BCUT2D eigenvalue weighted by Crippen LogP contribution is 2.14. The van der Waals surface area contributed by atoms with Crippen LogP contribution in [0.2, 0.25) is 0 Å². The Morgan fingerprint density at radius 1 is 0.913 bits per heavy atom. The zero-order chi connectivity index (χ0) is 15.8. The summed E-state index contributed by atoms with van der Waals surface area (Å²) < 4.78 is 10.5. The fourth-order valence-electron chi connectivity index (χ4n) is 2.52. The van der Waals surface area contributed by atoms with E-state index in [1.165, 1.54) is 11.1 Å². The molecule has 0 fully saturated rings. The molecule has 126 valence electrons. The van der Waals surface area contributed by atoms with E-state index in [1.54, 1.807) is 14.2 Å². The lowest BCUT2D eigenvalue weighted by Crippen LogP contribution is -2.29. The summed E-state index contributed by atoms with van der Waals surface area (Å²) in [4.78, 5) is 0. The van der Waals surface area contributed by atoms with Crippen molar-refractivity contribution in [3.63, 3.8) is 0 Å². The Hall–Kier alpha value is -1.71. The lowest BCUT2D eigenvalue weighted by atomic mass is 10.1. The Balaban J connectivity index is 0.00000264. The van der Waals surface area contributed by atoms with Crippen molar-refractivity contribution in [2.24, 2.45) is 0 Å². The Morgan fingerprint density at radius 2 is 1.48 bits per heavy atom. The normalized spacial score (nSPS) is 11.4. The van der Waals surface area contributed by atoms with Crippen LogP contribution < -0.4 is 14.8 Å². The molecule has 4 heteroatoms. The molecule has 0 bridgehead atoms. The van der Waals surface area contributed by atoms with Crippen LogP contribution in [0.1, 0.15) is 18.1 Å². The van der Waals surface area contributed by atoms with Gasteiger partial charge in [0.05, 0.1) is 14.2 Å². The van der Waals surface area contributed by atoms with Gasteiger partial charge in [0.2, 0.25) is 0 Å². The molecular formula is C19H26ClNO2. The van der Waals surface area contributed by atoms with Crippen LogP contribution in [0.15, 0.2) is 48.5 Å². The lowest BCUT2D eigenvalue weighted by Gasteiger charge is -2.14. The minimum Gasteiger partial charge on any atom is -0.497 e. The fourth-order valence-corrected chi connectivity index (χ4v) is 2.52. The molecule has 23 heavy (non-hydrogen) atoms. The molecule has 2 rings (SSSR count). The molecule has 0 saturated carbocycles. The summed E-state index contributed by atoms with van der Waals surface area (Å²) in [6.45, 7) is 3.17. The van der Waals surface area contributed by atoms with Crippen LogP contribution in [0, 0.1) is 0 Å². The lowest BCUT2D eigenvalue weighted by molar-refractivity contribution is 0.414. The Labute approximate surface area is 145 Å². The van der Waals surface area contributed by atoms with Gasteiger partial charge in [0.25, 0.3) is 0 Å². The number of rotatable bonds is 8. The molecule has 1 unspecified atom stereocenters. The number of methoxy groups -OCH3 is 2. The second kappa shape index (κ2) is 10.1. The maximum absolute atomic E-state index is 5.26. The molecule has 0 saturated heterocycles. The molecule has 0 aromatic heterocycles. The molecule has 0 aliphatic heterocycles. The van der Waals surface area contributed by atoms with E-state index in [2.05, 4.69) is 36.5 Å². The quantitative estimate of drug-likeness (QED) is 0.794. The van der Waals surface area contributed by atoms with Crippen molar-refractivity contribution in [1.29, 1.82) is 0 Å². The van der Waals surface area contributed by atoms with Gasteiger partial charge in [-0.1, -0.05) is 24.3 Å². The Morgan fingerprint density at radius 3 is 2.09 bits per heavy atom. The van der Waals surface area contributed by atoms with Crippen LogP contribution in [0.4, 0.5) is 0 Å². The fraction of sp³-hybridized carbons (Fsp3) is 0.368. The standard InChI is InChI=1S/C19H25NO2.ClH/c1-15(12-17-7-5-9-19(14-17)22-3)20-11-10-16-6-4-8-18(13-16)21-2;/h4-9,13-15,20H,10-12H2,1-3H3;1H. The maximum Gasteiger partial charge on any atom is 0.119 e. The first-order valence-corrected chi connectivity index (χ1v) is 7.70. The Kier molecular flexibility index (Phi) is 8.52. The van der Waals surface area contributed by atoms with Gasteiger partial charge >= 0.3 is 0 Å². The second-order valence-electron chi connectivity index (χ2n) is 5.51. The monoisotopic (exact) mass is 335 g/mol. The number of nitrogens with one attached hydrogen (secondary N) is 1. The molecule has 0 amide bonds. The van der Waals surface area contributed by atoms with Crippen molar-refractivity contribution in [1.82, 2.24) is 5.32 Å². The summed E-state index contributed by atoms with van der Waals surface area (Å²) in [7, 11) is 3.41. The molecule has 0 aliphatic rings. The first-order valence-electron chi connectivity index (χ1n) is 7.70. The third-order valence-corrected chi connectivity index (χ3v) is 3.72. The number of hydrogen-bond acceptors (Lipinski definition) is 3. The van der Waals surface area contributed by atoms with E-state index < -0.39 is 0 Å². The van der Waals surface area contributed by atoms with Gasteiger partial charge in [0.15, 0.2) is 0 Å². The molecule has 0 radical (unpaired) electrons. The molecule has 0 spiro atoms. The number of halogens is 1. The van der Waals surface area contributed by atoms with Crippen LogP contribution >= 0.6 is 12.4 Å². The maximum atomic E-state index is 5.26. The van der Waals surface area contributed by atoms with Gasteiger partial charge in [-0.2, -0.15) is 0 Å². The van der Waals surface area contributed by atoms with Crippen molar-refractivity contribution < 1.29 is 9.47 Å². The van der Waals surface area contributed by atoms with Gasteiger partial charge in [-0.05, 0) is 61.7 Å². The molecular weight excluding hydrogens is 310 g/mol. The minimum atomic E-state index is 0. The van der Waals surface area contributed by atoms with E-state index in [4.69, 9.17) is 9.47 Å². The SMILES string of the molecule is COc1cccc(CCNC(C)Cc2cccc(OC)c2)c1.Cl. The van der Waals surface area contributed by atoms with Crippen LogP contribution in [0.25, 0.3) is 0 Å². The van der Waals surface area contributed by atoms with E-state index in [1.807, 2.05) is 24.3 Å². The van der Waals surface area contributed by atoms with E-state index in [-0.39, 0.29) is 12.4 Å². The highest BCUT2D eigenvalue weighted by atomic mass is 35.5. The molecule has 0 aliphatic carbocycles. The van der Waals surface area contributed by atoms with Crippen LogP contribution in [-0.2, 0) is 12.8 Å². The summed E-state index contributed by atoms with van der Waals surface area (Å²) in [6.07, 6.45) is 2.00. The van der Waals surface area contributed by atoms with Gasteiger partial charge < -0.3 is 14.8 Å².